The Labute approximate surface area is 314 Å². The molecule has 1 N–H and O–H groups in total. The third-order valence-corrected chi connectivity index (χ3v) is 6.35. The molecule has 308 valence electrons. The number of nitrogens with one attached hydrogen (secondary N) is 1. The van der Waals surface area contributed by atoms with Gasteiger partial charge in [-0.15, -0.1) is 0 Å². The van der Waals surface area contributed by atoms with Crippen LogP contribution in [0.15, 0.2) is 30.3 Å². The summed E-state index contributed by atoms with van der Waals surface area (Å²) < 4.78 is 75.1. The standard InChI is InChI=1S/C36H63NO16/c1-34(38)52-32-31-51-30-29-50-28-27-49-26-25-48-24-23-47-22-21-46-20-19-45-18-17-44-16-15-43-14-13-42-12-11-41-10-9-40-8-7-37-36(39)53-33-35-5-3-2-4-6-35/h2-6H,7-33H2,1H3,(H,37,39). The molecule has 1 aromatic rings. The zero-order chi connectivity index (χ0) is 38.0. The summed E-state index contributed by atoms with van der Waals surface area (Å²) >= 11 is 0. The van der Waals surface area contributed by atoms with E-state index in [0.29, 0.717) is 165 Å². The average molecular weight is 766 g/mol. The number of carbonyl (C=O) groups is 2. The van der Waals surface area contributed by atoms with Gasteiger partial charge in [-0.2, -0.15) is 0 Å². The van der Waals surface area contributed by atoms with Gasteiger partial charge in [0.05, 0.1) is 159 Å². The van der Waals surface area contributed by atoms with Crippen LogP contribution in [0.1, 0.15) is 12.5 Å². The molecule has 0 heterocycles. The predicted octanol–water partition coefficient (Wildman–Crippen LogP) is 1.68. The molecule has 0 unspecified atom stereocenters. The summed E-state index contributed by atoms with van der Waals surface area (Å²) in [6.07, 6.45) is -0.473. The van der Waals surface area contributed by atoms with E-state index in [1.165, 1.54) is 6.92 Å². The molecule has 0 saturated heterocycles. The van der Waals surface area contributed by atoms with Crippen LogP contribution in [0.2, 0.25) is 0 Å². The fourth-order valence-corrected chi connectivity index (χ4v) is 3.76. The van der Waals surface area contributed by atoms with Gasteiger partial charge >= 0.3 is 12.1 Å². The van der Waals surface area contributed by atoms with Gasteiger partial charge in [0.25, 0.3) is 0 Å². The van der Waals surface area contributed by atoms with Gasteiger partial charge in [-0.3, -0.25) is 4.79 Å². The minimum absolute atomic E-state index is 0.233. The van der Waals surface area contributed by atoms with Crippen LogP contribution >= 0.6 is 0 Å². The van der Waals surface area contributed by atoms with E-state index in [1.807, 2.05) is 30.3 Å². The summed E-state index contributed by atoms with van der Waals surface area (Å²) in [7, 11) is 0. The second kappa shape index (κ2) is 40.7. The molecule has 53 heavy (non-hydrogen) atoms. The molecule has 0 aromatic heterocycles. The number of rotatable bonds is 41. The molecule has 0 bridgehead atoms. The Morgan fingerprint density at radius 1 is 0.396 bits per heavy atom. The Hall–Kier alpha value is -2.52. The third-order valence-electron chi connectivity index (χ3n) is 6.35. The lowest BCUT2D eigenvalue weighted by atomic mass is 10.2. The van der Waals surface area contributed by atoms with Gasteiger partial charge in [-0.1, -0.05) is 30.3 Å². The van der Waals surface area contributed by atoms with Crippen LogP contribution in [-0.2, 0) is 77.7 Å². The van der Waals surface area contributed by atoms with Gasteiger partial charge in [0.1, 0.15) is 13.2 Å². The minimum atomic E-state index is -0.473. The molecule has 0 atom stereocenters. The highest BCUT2D eigenvalue weighted by molar-refractivity contribution is 5.67. The van der Waals surface area contributed by atoms with E-state index in [0.717, 1.165) is 5.56 Å². The smallest absolute Gasteiger partial charge is 0.407 e. The SMILES string of the molecule is CC(=O)OCCOCCOCCOCCOCCOCCOCCOCCOCCOCCOCCOCCOCCNC(=O)OCc1ccccc1. The number of ether oxygens (including phenoxy) is 14. The fourth-order valence-electron chi connectivity index (χ4n) is 3.76. The highest BCUT2D eigenvalue weighted by Gasteiger charge is 2.02. The van der Waals surface area contributed by atoms with Crippen molar-refractivity contribution in [3.05, 3.63) is 35.9 Å². The Morgan fingerprint density at radius 3 is 0.981 bits per heavy atom. The summed E-state index contributed by atoms with van der Waals surface area (Å²) in [6, 6.07) is 9.49. The molecule has 1 rings (SSSR count). The maximum atomic E-state index is 11.6. The maximum absolute atomic E-state index is 11.6. The first-order valence-electron chi connectivity index (χ1n) is 18.2. The van der Waals surface area contributed by atoms with Crippen LogP contribution in [0.3, 0.4) is 0 Å². The van der Waals surface area contributed by atoms with E-state index in [1.54, 1.807) is 0 Å². The highest BCUT2D eigenvalue weighted by atomic mass is 16.6. The number of alkyl carbamates (subject to hydrolysis) is 1. The summed E-state index contributed by atoms with van der Waals surface area (Å²) in [5.74, 6) is -0.316. The van der Waals surface area contributed by atoms with Gasteiger partial charge in [0.2, 0.25) is 0 Å². The number of amides is 1. The van der Waals surface area contributed by atoms with E-state index in [-0.39, 0.29) is 19.2 Å². The topological polar surface area (TPSA) is 175 Å². The van der Waals surface area contributed by atoms with Crippen molar-refractivity contribution in [3.8, 4) is 0 Å². The fraction of sp³-hybridized carbons (Fsp3) is 0.778. The molecule has 0 radical (unpaired) electrons. The highest BCUT2D eigenvalue weighted by Crippen LogP contribution is 2.00. The molecular formula is C36H63NO16. The molecule has 0 aliphatic heterocycles. The zero-order valence-corrected chi connectivity index (χ0v) is 31.5. The Bertz CT molecular complexity index is 917. The van der Waals surface area contributed by atoms with Crippen LogP contribution in [0.4, 0.5) is 4.79 Å². The monoisotopic (exact) mass is 765 g/mol. The number of hydrogen-bond donors (Lipinski definition) is 1. The van der Waals surface area contributed by atoms with Gasteiger partial charge in [-0.05, 0) is 5.56 Å². The lowest BCUT2D eigenvalue weighted by Gasteiger charge is -2.09. The first kappa shape index (κ1) is 48.5. The van der Waals surface area contributed by atoms with Crippen LogP contribution < -0.4 is 5.32 Å². The summed E-state index contributed by atoms with van der Waals surface area (Å²) in [5.41, 5.74) is 0.934. The molecule has 0 spiro atoms. The van der Waals surface area contributed by atoms with E-state index in [4.69, 9.17) is 66.3 Å². The molecular weight excluding hydrogens is 702 g/mol. The van der Waals surface area contributed by atoms with Crippen LogP contribution in [0.5, 0.6) is 0 Å². The number of hydrogen-bond acceptors (Lipinski definition) is 16. The lowest BCUT2D eigenvalue weighted by Crippen LogP contribution is -2.28. The number of carbonyl (C=O) groups excluding carboxylic acids is 2. The van der Waals surface area contributed by atoms with E-state index in [9.17, 15) is 9.59 Å². The largest absolute Gasteiger partial charge is 0.463 e. The van der Waals surface area contributed by atoms with Gasteiger partial charge in [0, 0.05) is 13.5 Å². The van der Waals surface area contributed by atoms with Crippen molar-refractivity contribution in [3.63, 3.8) is 0 Å². The van der Waals surface area contributed by atoms with E-state index in [2.05, 4.69) is 5.32 Å². The van der Waals surface area contributed by atoms with Gasteiger partial charge in [0.15, 0.2) is 0 Å². The van der Waals surface area contributed by atoms with Crippen molar-refractivity contribution in [1.82, 2.24) is 5.32 Å². The Kier molecular flexibility index (Phi) is 37.2. The molecule has 17 heteroatoms. The quantitative estimate of drug-likeness (QED) is 0.0752. The Balaban J connectivity index is 1.62. The number of benzene rings is 1. The second-order valence-electron chi connectivity index (χ2n) is 10.7. The molecule has 0 aliphatic carbocycles. The summed E-state index contributed by atoms with van der Waals surface area (Å²) in [6.45, 7) is 13.3. The van der Waals surface area contributed by atoms with Crippen LogP contribution in [0.25, 0.3) is 0 Å². The minimum Gasteiger partial charge on any atom is -0.463 e. The van der Waals surface area contributed by atoms with Gasteiger partial charge in [-0.25, -0.2) is 4.79 Å². The van der Waals surface area contributed by atoms with Crippen molar-refractivity contribution >= 4 is 12.1 Å². The molecule has 0 saturated carbocycles. The van der Waals surface area contributed by atoms with E-state index < -0.39 is 6.09 Å². The summed E-state index contributed by atoms with van der Waals surface area (Å²) in [4.78, 5) is 22.3. The molecule has 17 nitrogen and oxygen atoms in total. The Morgan fingerprint density at radius 2 is 0.679 bits per heavy atom. The lowest BCUT2D eigenvalue weighted by molar-refractivity contribution is -0.142. The zero-order valence-electron chi connectivity index (χ0n) is 31.5. The van der Waals surface area contributed by atoms with Crippen molar-refractivity contribution in [2.45, 2.75) is 13.5 Å². The number of esters is 1. The summed E-state index contributed by atoms with van der Waals surface area (Å²) in [5, 5.41) is 2.64. The normalized spacial score (nSPS) is 11.2. The average Bonchev–Trinajstić information content (AvgIpc) is 3.16. The maximum Gasteiger partial charge on any atom is 0.407 e. The van der Waals surface area contributed by atoms with Gasteiger partial charge < -0.3 is 71.6 Å². The van der Waals surface area contributed by atoms with Crippen LogP contribution in [0, 0.1) is 0 Å². The second-order valence-corrected chi connectivity index (χ2v) is 10.7. The predicted molar refractivity (Wildman–Crippen MR) is 191 cm³/mol. The molecule has 0 aliphatic rings. The third kappa shape index (κ3) is 39.0. The van der Waals surface area contributed by atoms with Crippen molar-refractivity contribution in [2.75, 3.05) is 172 Å². The van der Waals surface area contributed by atoms with Crippen molar-refractivity contribution in [1.29, 1.82) is 0 Å². The van der Waals surface area contributed by atoms with E-state index >= 15 is 0 Å². The van der Waals surface area contributed by atoms with Crippen molar-refractivity contribution < 1.29 is 75.9 Å². The van der Waals surface area contributed by atoms with Crippen molar-refractivity contribution in [2.24, 2.45) is 0 Å². The first-order chi connectivity index (χ1) is 26.2. The molecule has 1 amide bonds. The molecule has 0 fully saturated rings. The van der Waals surface area contributed by atoms with Crippen LogP contribution in [-0.4, -0.2) is 184 Å². The molecule has 1 aromatic carbocycles. The first-order valence-corrected chi connectivity index (χ1v) is 18.2.